The van der Waals surface area contributed by atoms with Gasteiger partial charge in [-0.15, -0.1) is 0 Å². The number of hydrogen-bond donors (Lipinski definition) is 2. The second kappa shape index (κ2) is 8.77. The van der Waals surface area contributed by atoms with Gasteiger partial charge in [-0.3, -0.25) is 9.69 Å². The lowest BCUT2D eigenvalue weighted by Crippen LogP contribution is -2.53. The Balaban J connectivity index is 1.57. The lowest BCUT2D eigenvalue weighted by molar-refractivity contribution is 0.0962. The topological polar surface area (TPSA) is 64.7 Å². The molecule has 1 aromatic rings. The van der Waals surface area contributed by atoms with Gasteiger partial charge in [0, 0.05) is 50.5 Å². The third-order valence-corrected chi connectivity index (χ3v) is 6.40. The molecule has 7 heteroatoms. The molecule has 0 spiro atoms. The maximum Gasteiger partial charge on any atom is 0.321 e. The molecule has 0 unspecified atom stereocenters. The molecule has 142 valence electrons. The second-order valence-electron chi connectivity index (χ2n) is 6.85. The fraction of sp³-hybridized carbons (Fsp3) is 0.579. The summed E-state index contributed by atoms with van der Waals surface area (Å²) in [6.45, 7) is 5.26. The normalized spacial score (nSPS) is 19.2. The molecule has 3 rings (SSSR count). The quantitative estimate of drug-likeness (QED) is 0.850. The van der Waals surface area contributed by atoms with Gasteiger partial charge in [-0.05, 0) is 49.0 Å². The molecule has 6 nitrogen and oxygen atoms in total. The van der Waals surface area contributed by atoms with Crippen LogP contribution in [0.1, 0.15) is 28.8 Å². The van der Waals surface area contributed by atoms with Crippen LogP contribution < -0.4 is 10.6 Å². The molecule has 26 heavy (non-hydrogen) atoms. The van der Waals surface area contributed by atoms with Crippen molar-refractivity contribution in [2.24, 2.45) is 0 Å². The Labute approximate surface area is 159 Å². The third kappa shape index (κ3) is 4.32. The zero-order valence-electron chi connectivity index (χ0n) is 15.6. The molecule has 0 aliphatic carbocycles. The Morgan fingerprint density at radius 3 is 2.46 bits per heavy atom. The Morgan fingerprint density at radius 1 is 1.12 bits per heavy atom. The Kier molecular flexibility index (Phi) is 6.43. The molecule has 2 saturated heterocycles. The number of piperazine rings is 1. The van der Waals surface area contributed by atoms with Crippen molar-refractivity contribution in [2.45, 2.75) is 25.8 Å². The van der Waals surface area contributed by atoms with Crippen molar-refractivity contribution in [3.8, 4) is 0 Å². The first-order valence-corrected chi connectivity index (χ1v) is 10.4. The third-order valence-electron chi connectivity index (χ3n) is 5.36. The molecule has 2 aliphatic heterocycles. The van der Waals surface area contributed by atoms with Crippen molar-refractivity contribution in [1.29, 1.82) is 0 Å². The smallest absolute Gasteiger partial charge is 0.321 e. The van der Waals surface area contributed by atoms with Crippen LogP contribution in [0.3, 0.4) is 0 Å². The molecule has 3 amide bonds. The summed E-state index contributed by atoms with van der Waals surface area (Å²) < 4.78 is 0. The molecule has 0 aromatic heterocycles. The average molecular weight is 377 g/mol. The summed E-state index contributed by atoms with van der Waals surface area (Å²) in [6.07, 6.45) is 2.53. The highest BCUT2D eigenvalue weighted by Gasteiger charge is 2.27. The number of nitrogens with zero attached hydrogens (tertiary/aromatic N) is 2. The van der Waals surface area contributed by atoms with E-state index in [0.29, 0.717) is 17.3 Å². The van der Waals surface area contributed by atoms with Gasteiger partial charge in [-0.1, -0.05) is 6.07 Å². The highest BCUT2D eigenvalue weighted by molar-refractivity contribution is 7.99. The van der Waals surface area contributed by atoms with E-state index in [2.05, 4.69) is 15.5 Å². The number of benzene rings is 1. The highest BCUT2D eigenvalue weighted by atomic mass is 32.2. The summed E-state index contributed by atoms with van der Waals surface area (Å²) in [5.74, 6) is 2.37. The molecule has 1 aromatic carbocycles. The first-order chi connectivity index (χ1) is 12.6. The summed E-state index contributed by atoms with van der Waals surface area (Å²) in [7, 11) is 1.61. The minimum Gasteiger partial charge on any atom is -0.355 e. The van der Waals surface area contributed by atoms with Crippen LogP contribution in [0.4, 0.5) is 10.5 Å². The van der Waals surface area contributed by atoms with Gasteiger partial charge in [0.05, 0.1) is 0 Å². The molecule has 2 heterocycles. The van der Waals surface area contributed by atoms with E-state index in [4.69, 9.17) is 0 Å². The summed E-state index contributed by atoms with van der Waals surface area (Å²) in [5, 5.41) is 5.61. The molecule has 0 bridgehead atoms. The number of hydrogen-bond acceptors (Lipinski definition) is 4. The molecular formula is C19H28N4O2S. The summed E-state index contributed by atoms with van der Waals surface area (Å²) in [5.41, 5.74) is 2.08. The minimum absolute atomic E-state index is 0.0824. The Bertz CT molecular complexity index is 653. The van der Waals surface area contributed by atoms with Crippen LogP contribution in [-0.2, 0) is 0 Å². The van der Waals surface area contributed by atoms with Crippen LogP contribution in [0.25, 0.3) is 0 Å². The number of nitrogens with one attached hydrogen (secondary N) is 2. The van der Waals surface area contributed by atoms with Crippen molar-refractivity contribution >= 4 is 29.4 Å². The fourth-order valence-corrected chi connectivity index (χ4v) is 4.77. The molecule has 2 fully saturated rings. The minimum atomic E-state index is -0.141. The van der Waals surface area contributed by atoms with Gasteiger partial charge in [0.15, 0.2) is 0 Å². The number of thioether (sulfide) groups is 1. The van der Waals surface area contributed by atoms with Gasteiger partial charge < -0.3 is 15.5 Å². The first kappa shape index (κ1) is 19.0. The van der Waals surface area contributed by atoms with Crippen molar-refractivity contribution in [3.05, 3.63) is 29.3 Å². The van der Waals surface area contributed by atoms with Gasteiger partial charge in [0.25, 0.3) is 5.91 Å². The van der Waals surface area contributed by atoms with E-state index in [0.717, 1.165) is 31.7 Å². The zero-order valence-corrected chi connectivity index (χ0v) is 16.4. The summed E-state index contributed by atoms with van der Waals surface area (Å²) in [4.78, 5) is 29.0. The van der Waals surface area contributed by atoms with Crippen LogP contribution in [0.15, 0.2) is 18.2 Å². The molecule has 2 N–H and O–H groups in total. The molecule has 0 radical (unpaired) electrons. The maximum atomic E-state index is 12.6. The Morgan fingerprint density at radius 2 is 1.81 bits per heavy atom. The Hall–Kier alpha value is -1.73. The van der Waals surface area contributed by atoms with Crippen LogP contribution in [0.5, 0.6) is 0 Å². The van der Waals surface area contributed by atoms with Gasteiger partial charge in [0.2, 0.25) is 0 Å². The van der Waals surface area contributed by atoms with Crippen molar-refractivity contribution < 1.29 is 9.59 Å². The number of anilines is 1. The number of carbonyl (C=O) groups is 2. The average Bonchev–Trinajstić information content (AvgIpc) is 2.69. The molecule has 2 aliphatic rings. The number of urea groups is 1. The zero-order chi connectivity index (χ0) is 18.5. The number of amides is 3. The van der Waals surface area contributed by atoms with E-state index in [1.54, 1.807) is 19.2 Å². The predicted molar refractivity (Wildman–Crippen MR) is 107 cm³/mol. The monoisotopic (exact) mass is 376 g/mol. The van der Waals surface area contributed by atoms with Crippen LogP contribution in [0.2, 0.25) is 0 Å². The fourth-order valence-electron chi connectivity index (χ4n) is 3.69. The van der Waals surface area contributed by atoms with E-state index >= 15 is 0 Å². The van der Waals surface area contributed by atoms with Gasteiger partial charge in [-0.25, -0.2) is 4.79 Å². The molecular weight excluding hydrogens is 348 g/mol. The van der Waals surface area contributed by atoms with E-state index in [-0.39, 0.29) is 11.9 Å². The largest absolute Gasteiger partial charge is 0.355 e. The van der Waals surface area contributed by atoms with E-state index in [1.807, 2.05) is 29.7 Å². The number of rotatable bonds is 3. The van der Waals surface area contributed by atoms with Crippen LogP contribution in [-0.4, -0.2) is 72.5 Å². The van der Waals surface area contributed by atoms with Gasteiger partial charge >= 0.3 is 6.03 Å². The van der Waals surface area contributed by atoms with E-state index in [9.17, 15) is 9.59 Å². The summed E-state index contributed by atoms with van der Waals surface area (Å²) >= 11 is 2.05. The second-order valence-corrected chi connectivity index (χ2v) is 8.08. The SMILES string of the molecule is CNC(=O)c1cccc(NC(=O)N2CCN(C3CCSCC3)CC2)c1C. The van der Waals surface area contributed by atoms with Crippen LogP contribution in [0, 0.1) is 6.92 Å². The van der Waals surface area contributed by atoms with Crippen molar-refractivity contribution in [1.82, 2.24) is 15.1 Å². The van der Waals surface area contributed by atoms with Crippen molar-refractivity contribution in [2.75, 3.05) is 50.0 Å². The molecule has 0 saturated carbocycles. The lowest BCUT2D eigenvalue weighted by Gasteiger charge is -2.40. The van der Waals surface area contributed by atoms with Crippen LogP contribution >= 0.6 is 11.8 Å². The number of carbonyl (C=O) groups excluding carboxylic acids is 2. The highest BCUT2D eigenvalue weighted by Crippen LogP contribution is 2.23. The first-order valence-electron chi connectivity index (χ1n) is 9.29. The lowest BCUT2D eigenvalue weighted by atomic mass is 10.1. The van der Waals surface area contributed by atoms with E-state index < -0.39 is 0 Å². The summed E-state index contributed by atoms with van der Waals surface area (Å²) in [6, 6.07) is 6.02. The van der Waals surface area contributed by atoms with Crippen molar-refractivity contribution in [3.63, 3.8) is 0 Å². The molecule has 0 atom stereocenters. The van der Waals surface area contributed by atoms with Gasteiger partial charge in [-0.2, -0.15) is 11.8 Å². The van der Waals surface area contributed by atoms with Gasteiger partial charge in [0.1, 0.15) is 0 Å². The maximum absolute atomic E-state index is 12.6. The van der Waals surface area contributed by atoms with E-state index in [1.165, 1.54) is 24.3 Å². The standard InChI is InChI=1S/C19H28N4O2S/c1-14-16(18(24)20-2)4-3-5-17(14)21-19(25)23-10-8-22(9-11-23)15-6-12-26-13-7-15/h3-5,15H,6-13H2,1-2H3,(H,20,24)(H,21,25). The predicted octanol–water partition coefficient (Wildman–Crippen LogP) is 2.40.